The van der Waals surface area contributed by atoms with Gasteiger partial charge in [-0.1, -0.05) is 13.8 Å². The van der Waals surface area contributed by atoms with Gasteiger partial charge in [0.05, 0.1) is 10.9 Å². The molecule has 1 N–H and O–H groups in total. The number of hydrogen-bond acceptors (Lipinski definition) is 3. The molecule has 0 aromatic heterocycles. The van der Waals surface area contributed by atoms with E-state index in [1.165, 1.54) is 24.3 Å². The maximum absolute atomic E-state index is 11.6. The van der Waals surface area contributed by atoms with E-state index in [1.807, 2.05) is 0 Å². The van der Waals surface area contributed by atoms with E-state index in [1.54, 1.807) is 0 Å². The number of phenols is 1. The number of hydrogen-bond donors (Lipinski definition) is 1. The number of rotatable bonds is 5. The molecule has 94 valence electrons. The zero-order chi connectivity index (χ0) is 12.8. The lowest BCUT2D eigenvalue weighted by atomic mass is 10.1. The first kappa shape index (κ1) is 13.8. The van der Waals surface area contributed by atoms with Crippen molar-refractivity contribution in [1.29, 1.82) is 0 Å². The summed E-state index contributed by atoms with van der Waals surface area (Å²) >= 11 is 6.02. The number of phenolic OH excluding ortho intramolecular Hbond substituents is 1. The fourth-order valence-electron chi connectivity index (χ4n) is 1.43. The number of aromatic hydroxyl groups is 1. The molecular weight excluding hydrogens is 240 g/mol. The molecule has 1 rings (SSSR count). The normalized spacial score (nSPS) is 12.5. The molecule has 4 heteroatoms. The molecule has 1 unspecified atom stereocenters. The predicted octanol–water partition coefficient (Wildman–Crippen LogP) is 3.20. The lowest BCUT2D eigenvalue weighted by molar-refractivity contribution is 0.0499. The SMILES string of the molecule is CC(C)CC(Cl)COC(=O)c1ccc(O)cc1. The van der Waals surface area contributed by atoms with Crippen LogP contribution in [0.25, 0.3) is 0 Å². The zero-order valence-electron chi connectivity index (χ0n) is 10.0. The van der Waals surface area contributed by atoms with Crippen LogP contribution in [0.2, 0.25) is 0 Å². The predicted molar refractivity (Wildman–Crippen MR) is 67.5 cm³/mol. The Hall–Kier alpha value is -1.22. The molecule has 0 radical (unpaired) electrons. The van der Waals surface area contributed by atoms with Crippen LogP contribution in [0.3, 0.4) is 0 Å². The Morgan fingerprint density at radius 2 is 1.94 bits per heavy atom. The summed E-state index contributed by atoms with van der Waals surface area (Å²) in [4.78, 5) is 11.6. The van der Waals surface area contributed by atoms with Crippen LogP contribution in [0.15, 0.2) is 24.3 Å². The molecule has 1 aromatic rings. The highest BCUT2D eigenvalue weighted by Gasteiger charge is 2.12. The summed E-state index contributed by atoms with van der Waals surface area (Å²) in [6.07, 6.45) is 0.810. The van der Waals surface area contributed by atoms with Gasteiger partial charge in [-0.15, -0.1) is 11.6 Å². The van der Waals surface area contributed by atoms with E-state index in [9.17, 15) is 4.79 Å². The van der Waals surface area contributed by atoms with Gasteiger partial charge in [0.15, 0.2) is 0 Å². The molecule has 0 bridgehead atoms. The highest BCUT2D eigenvalue weighted by Crippen LogP contribution is 2.13. The standard InChI is InChI=1S/C13H17ClO3/c1-9(2)7-11(14)8-17-13(16)10-3-5-12(15)6-4-10/h3-6,9,11,15H,7-8H2,1-2H3. The third kappa shape index (κ3) is 5.09. The molecule has 0 spiro atoms. The molecule has 17 heavy (non-hydrogen) atoms. The van der Waals surface area contributed by atoms with E-state index >= 15 is 0 Å². The van der Waals surface area contributed by atoms with Gasteiger partial charge >= 0.3 is 5.97 Å². The number of esters is 1. The van der Waals surface area contributed by atoms with Crippen LogP contribution in [0.4, 0.5) is 0 Å². The quantitative estimate of drug-likeness (QED) is 0.650. The molecule has 0 aliphatic carbocycles. The fraction of sp³-hybridized carbons (Fsp3) is 0.462. The van der Waals surface area contributed by atoms with Crippen molar-refractivity contribution in [3.05, 3.63) is 29.8 Å². The summed E-state index contributed by atoms with van der Waals surface area (Å²) in [7, 11) is 0. The molecule has 0 saturated heterocycles. The highest BCUT2D eigenvalue weighted by atomic mass is 35.5. The Balaban J connectivity index is 2.42. The van der Waals surface area contributed by atoms with Crippen molar-refractivity contribution in [3.8, 4) is 5.75 Å². The molecule has 0 saturated carbocycles. The highest BCUT2D eigenvalue weighted by molar-refractivity contribution is 6.20. The Bertz CT molecular complexity index is 359. The zero-order valence-corrected chi connectivity index (χ0v) is 10.8. The molecule has 0 aliphatic rings. The van der Waals surface area contributed by atoms with Gasteiger partial charge in [0, 0.05) is 0 Å². The van der Waals surface area contributed by atoms with Crippen LogP contribution in [-0.4, -0.2) is 23.1 Å². The third-order valence-electron chi connectivity index (χ3n) is 2.23. The van der Waals surface area contributed by atoms with E-state index in [0.29, 0.717) is 11.5 Å². The smallest absolute Gasteiger partial charge is 0.338 e. The van der Waals surface area contributed by atoms with Crippen molar-refractivity contribution >= 4 is 17.6 Å². The molecule has 0 heterocycles. The summed E-state index contributed by atoms with van der Waals surface area (Å²) in [6, 6.07) is 5.93. The van der Waals surface area contributed by atoms with Gasteiger partial charge in [-0.2, -0.15) is 0 Å². The summed E-state index contributed by atoms with van der Waals surface area (Å²) in [5, 5.41) is 8.93. The van der Waals surface area contributed by atoms with E-state index in [2.05, 4.69) is 13.8 Å². The van der Waals surface area contributed by atoms with Crippen LogP contribution >= 0.6 is 11.6 Å². The van der Waals surface area contributed by atoms with Crippen LogP contribution < -0.4 is 0 Å². The molecule has 1 atom stereocenters. The van der Waals surface area contributed by atoms with E-state index in [4.69, 9.17) is 21.4 Å². The number of halogens is 1. The van der Waals surface area contributed by atoms with Crippen LogP contribution in [0.5, 0.6) is 5.75 Å². The van der Waals surface area contributed by atoms with Gasteiger partial charge in [0.25, 0.3) is 0 Å². The maximum Gasteiger partial charge on any atom is 0.338 e. The minimum absolute atomic E-state index is 0.122. The lowest BCUT2D eigenvalue weighted by Crippen LogP contribution is -2.16. The number of carbonyl (C=O) groups excluding carboxylic acids is 1. The second-order valence-electron chi connectivity index (χ2n) is 4.37. The topological polar surface area (TPSA) is 46.5 Å². The first-order valence-electron chi connectivity index (χ1n) is 5.59. The van der Waals surface area contributed by atoms with Crippen molar-refractivity contribution in [2.75, 3.05) is 6.61 Å². The van der Waals surface area contributed by atoms with Gasteiger partial charge in [0.1, 0.15) is 12.4 Å². The lowest BCUT2D eigenvalue weighted by Gasteiger charge is -2.12. The Morgan fingerprint density at radius 3 is 2.47 bits per heavy atom. The third-order valence-corrected chi connectivity index (χ3v) is 2.53. The van der Waals surface area contributed by atoms with E-state index < -0.39 is 5.97 Å². The van der Waals surface area contributed by atoms with Crippen molar-refractivity contribution in [2.45, 2.75) is 25.6 Å². The summed E-state index contributed by atoms with van der Waals surface area (Å²) in [5.74, 6) is 0.181. The van der Waals surface area contributed by atoms with Crippen LogP contribution in [-0.2, 0) is 4.74 Å². The van der Waals surface area contributed by atoms with E-state index in [0.717, 1.165) is 6.42 Å². The summed E-state index contributed by atoms with van der Waals surface area (Å²) in [5.41, 5.74) is 0.413. The van der Waals surface area contributed by atoms with E-state index in [-0.39, 0.29) is 17.7 Å². The minimum atomic E-state index is -0.417. The van der Waals surface area contributed by atoms with Crippen molar-refractivity contribution in [2.24, 2.45) is 5.92 Å². The van der Waals surface area contributed by atoms with Gasteiger partial charge in [-0.3, -0.25) is 0 Å². The molecule has 3 nitrogen and oxygen atoms in total. The molecule has 0 amide bonds. The van der Waals surface area contributed by atoms with Gasteiger partial charge in [-0.05, 0) is 36.6 Å². The summed E-state index contributed by atoms with van der Waals surface area (Å²) in [6.45, 7) is 4.34. The number of ether oxygens (including phenoxy) is 1. The molecule has 1 aromatic carbocycles. The Labute approximate surface area is 106 Å². The molecule has 0 aliphatic heterocycles. The van der Waals surface area contributed by atoms with Crippen molar-refractivity contribution in [1.82, 2.24) is 0 Å². The average molecular weight is 257 g/mol. The average Bonchev–Trinajstić information content (AvgIpc) is 2.26. The number of carbonyl (C=O) groups is 1. The van der Waals surface area contributed by atoms with Gasteiger partial charge in [-0.25, -0.2) is 4.79 Å². The van der Waals surface area contributed by atoms with Crippen molar-refractivity contribution < 1.29 is 14.6 Å². The first-order valence-corrected chi connectivity index (χ1v) is 6.03. The largest absolute Gasteiger partial charge is 0.508 e. The number of benzene rings is 1. The maximum atomic E-state index is 11.6. The number of alkyl halides is 1. The summed E-state index contributed by atoms with van der Waals surface area (Å²) < 4.78 is 5.08. The van der Waals surface area contributed by atoms with Crippen LogP contribution in [0.1, 0.15) is 30.6 Å². The molecule has 0 fully saturated rings. The first-order chi connectivity index (χ1) is 7.99. The van der Waals surface area contributed by atoms with Gasteiger partial charge < -0.3 is 9.84 Å². The monoisotopic (exact) mass is 256 g/mol. The Kier molecular flexibility index (Phi) is 5.29. The Morgan fingerprint density at radius 1 is 1.35 bits per heavy atom. The minimum Gasteiger partial charge on any atom is -0.508 e. The van der Waals surface area contributed by atoms with Gasteiger partial charge in [0.2, 0.25) is 0 Å². The fourth-order valence-corrected chi connectivity index (χ4v) is 1.85. The molecular formula is C13H17ClO3. The van der Waals surface area contributed by atoms with Crippen LogP contribution in [0, 0.1) is 5.92 Å². The second-order valence-corrected chi connectivity index (χ2v) is 4.99. The second kappa shape index (κ2) is 6.50. The van der Waals surface area contributed by atoms with Crippen molar-refractivity contribution in [3.63, 3.8) is 0 Å².